The van der Waals surface area contributed by atoms with Crippen LogP contribution in [0.25, 0.3) is 0 Å². The van der Waals surface area contributed by atoms with Crippen molar-refractivity contribution in [3.8, 4) is 0 Å². The molecule has 0 spiro atoms. The van der Waals surface area contributed by atoms with Crippen LogP contribution in [0.1, 0.15) is 65.7 Å². The van der Waals surface area contributed by atoms with Crippen LogP contribution in [0.4, 0.5) is 0 Å². The van der Waals surface area contributed by atoms with Crippen LogP contribution in [0.5, 0.6) is 0 Å². The third-order valence-electron chi connectivity index (χ3n) is 2.76. The number of rotatable bonds is 8. The molecular weight excluding hydrogens is 160 g/mol. The van der Waals surface area contributed by atoms with Crippen LogP contribution in [-0.2, 0) is 0 Å². The summed E-state index contributed by atoms with van der Waals surface area (Å²) in [7, 11) is 0. The van der Waals surface area contributed by atoms with Gasteiger partial charge in [-0.1, -0.05) is 52.9 Å². The van der Waals surface area contributed by atoms with Crippen molar-refractivity contribution in [2.24, 2.45) is 5.92 Å². The summed E-state index contributed by atoms with van der Waals surface area (Å²) in [6.45, 7) is 6.62. The Morgan fingerprint density at radius 3 is 2.31 bits per heavy atom. The molecule has 0 saturated heterocycles. The Bertz CT molecular complexity index is 101. The van der Waals surface area contributed by atoms with Gasteiger partial charge in [0.25, 0.3) is 0 Å². The van der Waals surface area contributed by atoms with E-state index in [1.165, 1.54) is 32.1 Å². The predicted molar refractivity (Wildman–Crippen MR) is 58.8 cm³/mol. The molecule has 13 heavy (non-hydrogen) atoms. The maximum atomic E-state index is 9.65. The first-order valence-corrected chi connectivity index (χ1v) is 5.88. The molecule has 0 aromatic carbocycles. The summed E-state index contributed by atoms with van der Waals surface area (Å²) in [6, 6.07) is 0. The highest BCUT2D eigenvalue weighted by Gasteiger charge is 2.07. The summed E-state index contributed by atoms with van der Waals surface area (Å²) in [5.74, 6) is 0.682. The van der Waals surface area contributed by atoms with E-state index in [4.69, 9.17) is 0 Å². The Labute approximate surface area is 83.5 Å². The van der Waals surface area contributed by atoms with E-state index in [1.54, 1.807) is 0 Å². The largest absolute Gasteiger partial charge is 0.393 e. The molecule has 1 nitrogen and oxygen atoms in total. The number of aliphatic hydroxyl groups is 1. The van der Waals surface area contributed by atoms with Crippen molar-refractivity contribution in [3.05, 3.63) is 0 Å². The van der Waals surface area contributed by atoms with Crippen molar-refractivity contribution in [2.75, 3.05) is 0 Å². The summed E-state index contributed by atoms with van der Waals surface area (Å²) >= 11 is 0. The van der Waals surface area contributed by atoms with Crippen molar-refractivity contribution < 1.29 is 5.11 Å². The summed E-state index contributed by atoms with van der Waals surface area (Å²) < 4.78 is 0. The van der Waals surface area contributed by atoms with Crippen LogP contribution in [0, 0.1) is 5.92 Å². The van der Waals surface area contributed by atoms with Crippen molar-refractivity contribution in [2.45, 2.75) is 71.8 Å². The van der Waals surface area contributed by atoms with Gasteiger partial charge in [-0.15, -0.1) is 0 Å². The van der Waals surface area contributed by atoms with Crippen molar-refractivity contribution >= 4 is 0 Å². The van der Waals surface area contributed by atoms with Gasteiger partial charge >= 0.3 is 0 Å². The van der Waals surface area contributed by atoms with E-state index < -0.39 is 0 Å². The third kappa shape index (κ3) is 8.29. The van der Waals surface area contributed by atoms with Crippen LogP contribution in [0.2, 0.25) is 0 Å². The van der Waals surface area contributed by atoms with Gasteiger partial charge in [0, 0.05) is 0 Å². The zero-order valence-corrected chi connectivity index (χ0v) is 9.55. The molecule has 80 valence electrons. The fourth-order valence-electron chi connectivity index (χ4n) is 1.56. The quantitative estimate of drug-likeness (QED) is 0.572. The lowest BCUT2D eigenvalue weighted by Gasteiger charge is -2.14. The minimum Gasteiger partial charge on any atom is -0.393 e. The maximum absolute atomic E-state index is 9.65. The second kappa shape index (κ2) is 8.55. The summed E-state index contributed by atoms with van der Waals surface area (Å²) in [4.78, 5) is 0. The second-order valence-corrected chi connectivity index (χ2v) is 4.25. The highest BCUT2D eigenvalue weighted by Crippen LogP contribution is 2.14. The maximum Gasteiger partial charge on any atom is 0.0542 e. The minimum atomic E-state index is -0.0493. The average Bonchev–Trinajstić information content (AvgIpc) is 2.12. The molecule has 0 bridgehead atoms. The van der Waals surface area contributed by atoms with Gasteiger partial charge in [0.1, 0.15) is 0 Å². The molecule has 0 aromatic heterocycles. The Kier molecular flexibility index (Phi) is 8.53. The fourth-order valence-corrected chi connectivity index (χ4v) is 1.56. The molecule has 1 N–H and O–H groups in total. The first-order chi connectivity index (χ1) is 6.20. The molecule has 0 aliphatic carbocycles. The van der Waals surface area contributed by atoms with Gasteiger partial charge < -0.3 is 5.11 Å². The van der Waals surface area contributed by atoms with E-state index in [9.17, 15) is 5.11 Å². The van der Waals surface area contributed by atoms with E-state index in [-0.39, 0.29) is 6.10 Å². The smallest absolute Gasteiger partial charge is 0.0542 e. The highest BCUT2D eigenvalue weighted by molar-refractivity contribution is 4.60. The van der Waals surface area contributed by atoms with Crippen LogP contribution in [-0.4, -0.2) is 11.2 Å². The van der Waals surface area contributed by atoms with Gasteiger partial charge in [-0.25, -0.2) is 0 Å². The number of aliphatic hydroxyl groups excluding tert-OH is 1. The van der Waals surface area contributed by atoms with E-state index >= 15 is 0 Å². The van der Waals surface area contributed by atoms with Crippen molar-refractivity contribution in [1.82, 2.24) is 0 Å². The third-order valence-corrected chi connectivity index (χ3v) is 2.76. The Balaban J connectivity index is 3.24. The average molecular weight is 186 g/mol. The van der Waals surface area contributed by atoms with E-state index in [2.05, 4.69) is 20.8 Å². The van der Waals surface area contributed by atoms with E-state index in [0.29, 0.717) is 5.92 Å². The van der Waals surface area contributed by atoms with E-state index in [0.717, 1.165) is 12.8 Å². The molecule has 0 heterocycles. The lowest BCUT2D eigenvalue weighted by atomic mass is 9.97. The SMILES string of the molecule is CCCCCC[C@@H](O)C[C@@H](C)CC. The first-order valence-electron chi connectivity index (χ1n) is 5.88. The van der Waals surface area contributed by atoms with Crippen molar-refractivity contribution in [3.63, 3.8) is 0 Å². The predicted octanol–water partition coefficient (Wildman–Crippen LogP) is 3.75. The molecule has 0 unspecified atom stereocenters. The lowest BCUT2D eigenvalue weighted by molar-refractivity contribution is 0.132. The monoisotopic (exact) mass is 186 g/mol. The Morgan fingerprint density at radius 2 is 1.77 bits per heavy atom. The Hall–Kier alpha value is -0.0400. The molecule has 0 aliphatic rings. The second-order valence-electron chi connectivity index (χ2n) is 4.25. The normalized spacial score (nSPS) is 15.7. The number of hydrogen-bond acceptors (Lipinski definition) is 1. The van der Waals surface area contributed by atoms with Gasteiger partial charge in [-0.2, -0.15) is 0 Å². The van der Waals surface area contributed by atoms with Crippen LogP contribution < -0.4 is 0 Å². The molecule has 0 radical (unpaired) electrons. The number of unbranched alkanes of at least 4 members (excludes halogenated alkanes) is 3. The fraction of sp³-hybridized carbons (Fsp3) is 1.00. The molecule has 0 rings (SSSR count). The first kappa shape index (κ1) is 13.0. The van der Waals surface area contributed by atoms with Crippen molar-refractivity contribution in [1.29, 1.82) is 0 Å². The summed E-state index contributed by atoms with van der Waals surface area (Å²) in [6.07, 6.45) is 8.21. The van der Waals surface area contributed by atoms with Crippen LogP contribution in [0.3, 0.4) is 0 Å². The van der Waals surface area contributed by atoms with Gasteiger partial charge in [0.15, 0.2) is 0 Å². The highest BCUT2D eigenvalue weighted by atomic mass is 16.3. The molecule has 1 heteroatoms. The molecule has 0 aliphatic heterocycles. The van der Waals surface area contributed by atoms with E-state index in [1.807, 2.05) is 0 Å². The lowest BCUT2D eigenvalue weighted by Crippen LogP contribution is -2.10. The molecular formula is C12H26O. The van der Waals surface area contributed by atoms with Gasteiger partial charge in [0.05, 0.1) is 6.10 Å². The van der Waals surface area contributed by atoms with Gasteiger partial charge in [-0.05, 0) is 18.8 Å². The minimum absolute atomic E-state index is 0.0493. The molecule has 0 amide bonds. The molecule has 0 saturated carbocycles. The van der Waals surface area contributed by atoms with Gasteiger partial charge in [-0.3, -0.25) is 0 Å². The molecule has 2 atom stereocenters. The standard InChI is InChI=1S/C12H26O/c1-4-6-7-8-9-12(13)10-11(3)5-2/h11-13H,4-10H2,1-3H3/t11-,12+/m0/s1. The Morgan fingerprint density at radius 1 is 1.08 bits per heavy atom. The zero-order valence-electron chi connectivity index (χ0n) is 9.55. The summed E-state index contributed by atoms with van der Waals surface area (Å²) in [5, 5.41) is 9.65. The number of hydrogen-bond donors (Lipinski definition) is 1. The molecule has 0 aromatic rings. The van der Waals surface area contributed by atoms with Crippen LogP contribution in [0.15, 0.2) is 0 Å². The zero-order chi connectivity index (χ0) is 10.1. The van der Waals surface area contributed by atoms with Crippen LogP contribution >= 0.6 is 0 Å². The topological polar surface area (TPSA) is 20.2 Å². The van der Waals surface area contributed by atoms with Gasteiger partial charge in [0.2, 0.25) is 0 Å². The molecule has 0 fully saturated rings. The summed E-state index contributed by atoms with van der Waals surface area (Å²) in [5.41, 5.74) is 0.